The van der Waals surface area contributed by atoms with Crippen molar-refractivity contribution in [3.05, 3.63) is 12.2 Å². The molecule has 0 radical (unpaired) electrons. The summed E-state index contributed by atoms with van der Waals surface area (Å²) in [5.74, 6) is -1.84. The summed E-state index contributed by atoms with van der Waals surface area (Å²) in [5, 5.41) is 19.1. The number of unbranched alkanes of at least 4 members (excludes halogenated alkanes) is 1. The number of hydrogen-bond donors (Lipinski definition) is 2. The number of carboxylic acid groups (broad SMARTS) is 1. The number of halogens is 1. The maximum atomic E-state index is 14.1. The van der Waals surface area contributed by atoms with Gasteiger partial charge in [-0.1, -0.05) is 45.3 Å². The zero-order valence-electron chi connectivity index (χ0n) is 18.3. The number of aliphatic carboxylic acids is 1. The normalized spacial score (nSPS) is 31.4. The van der Waals surface area contributed by atoms with E-state index in [1.54, 1.807) is 13.0 Å². The maximum Gasteiger partial charge on any atom is 0.309 e. The minimum Gasteiger partial charge on any atom is -0.481 e. The molecule has 0 amide bonds. The quantitative estimate of drug-likeness (QED) is 0.362. The predicted molar refractivity (Wildman–Crippen MR) is 111 cm³/mol. The van der Waals surface area contributed by atoms with Crippen LogP contribution in [0.3, 0.4) is 0 Å². The Hall–Kier alpha value is -1.47. The van der Waals surface area contributed by atoms with Crippen molar-refractivity contribution in [2.75, 3.05) is 7.11 Å². The molecule has 172 valence electrons. The van der Waals surface area contributed by atoms with Gasteiger partial charge in [0.2, 0.25) is 0 Å². The molecule has 0 spiro atoms. The van der Waals surface area contributed by atoms with Crippen molar-refractivity contribution in [1.29, 1.82) is 0 Å². The highest BCUT2D eigenvalue weighted by Gasteiger charge is 2.51. The zero-order valence-corrected chi connectivity index (χ0v) is 18.3. The molecule has 2 aliphatic rings. The van der Waals surface area contributed by atoms with Crippen LogP contribution in [0.1, 0.15) is 65.2 Å². The summed E-state index contributed by atoms with van der Waals surface area (Å²) in [6.45, 7) is 3.69. The van der Waals surface area contributed by atoms with Crippen LogP contribution in [0.25, 0.3) is 0 Å². The highest BCUT2D eigenvalue weighted by Crippen LogP contribution is 2.48. The number of ether oxygens (including phenoxy) is 2. The predicted octanol–water partition coefficient (Wildman–Crippen LogP) is 3.91. The van der Waals surface area contributed by atoms with Gasteiger partial charge in [0.15, 0.2) is 0 Å². The molecule has 30 heavy (non-hydrogen) atoms. The van der Waals surface area contributed by atoms with Crippen LogP contribution >= 0.6 is 0 Å². The summed E-state index contributed by atoms with van der Waals surface area (Å²) in [4.78, 5) is 23.2. The third-order valence-corrected chi connectivity index (χ3v) is 6.65. The van der Waals surface area contributed by atoms with Crippen molar-refractivity contribution >= 4 is 11.9 Å². The standard InChI is InChI=1S/C23H37FO6/c1-4-5-9-19(24)20(25)11-10-16-17-12-15(8-6-7-14(2)22(26)27)30-21(17)13-18(16)23(28)29-3/h10-11,14-21,25H,4-9,12-13H2,1-3H3,(H,26,27)/t14?,15-,16+,17+,18+,19+,20+,21-/m0/s1. The van der Waals surface area contributed by atoms with Crippen LogP contribution in [0, 0.1) is 23.7 Å². The number of aliphatic hydroxyl groups excluding tert-OH is 1. The fourth-order valence-corrected chi connectivity index (χ4v) is 4.78. The maximum absolute atomic E-state index is 14.1. The van der Waals surface area contributed by atoms with Crippen LogP contribution in [0.2, 0.25) is 0 Å². The summed E-state index contributed by atoms with van der Waals surface area (Å²) in [6.07, 6.45) is 6.19. The van der Waals surface area contributed by atoms with Gasteiger partial charge in [-0.3, -0.25) is 9.59 Å². The lowest BCUT2D eigenvalue weighted by molar-refractivity contribution is -0.146. The summed E-state index contributed by atoms with van der Waals surface area (Å²) in [6, 6.07) is 0. The number of rotatable bonds is 12. The van der Waals surface area contributed by atoms with Crippen LogP contribution in [0.5, 0.6) is 0 Å². The molecule has 1 aliphatic heterocycles. The number of fused-ring (bicyclic) bond motifs is 1. The fourth-order valence-electron chi connectivity index (χ4n) is 4.78. The number of methoxy groups -OCH3 is 1. The number of carboxylic acids is 1. The highest BCUT2D eigenvalue weighted by molar-refractivity contribution is 5.73. The van der Waals surface area contributed by atoms with E-state index in [9.17, 15) is 19.1 Å². The van der Waals surface area contributed by atoms with Crippen LogP contribution < -0.4 is 0 Å². The molecule has 0 aromatic carbocycles. The summed E-state index contributed by atoms with van der Waals surface area (Å²) in [7, 11) is 1.36. The van der Waals surface area contributed by atoms with Gasteiger partial charge in [-0.25, -0.2) is 4.39 Å². The van der Waals surface area contributed by atoms with Gasteiger partial charge in [0, 0.05) is 0 Å². The molecule has 0 aromatic heterocycles. The SMILES string of the molecule is CCCC[C@@H](F)[C@H](O)C=C[C@@H]1[C@H]2C[C@H](CCCC(C)C(=O)O)O[C@H]2C[C@H]1C(=O)OC. The van der Waals surface area contributed by atoms with Gasteiger partial charge in [-0.05, 0) is 43.9 Å². The molecule has 1 saturated heterocycles. The van der Waals surface area contributed by atoms with Gasteiger partial charge in [0.05, 0.1) is 31.2 Å². The third kappa shape index (κ3) is 6.51. The van der Waals surface area contributed by atoms with Crippen molar-refractivity contribution < 1.29 is 33.7 Å². The molecule has 2 N–H and O–H groups in total. The van der Waals surface area contributed by atoms with E-state index in [1.807, 2.05) is 6.92 Å². The van der Waals surface area contributed by atoms with Gasteiger partial charge in [0.25, 0.3) is 0 Å². The Labute approximate surface area is 178 Å². The molecule has 1 saturated carbocycles. The number of hydrogen-bond acceptors (Lipinski definition) is 5. The van der Waals surface area contributed by atoms with Gasteiger partial charge in [0.1, 0.15) is 12.3 Å². The Morgan fingerprint density at radius 2 is 2.00 bits per heavy atom. The molecule has 1 unspecified atom stereocenters. The van der Waals surface area contributed by atoms with E-state index in [-0.39, 0.29) is 41.8 Å². The monoisotopic (exact) mass is 428 g/mol. The first-order valence-electron chi connectivity index (χ1n) is 11.2. The second-order valence-electron chi connectivity index (χ2n) is 8.84. The smallest absolute Gasteiger partial charge is 0.309 e. The van der Waals surface area contributed by atoms with Gasteiger partial charge >= 0.3 is 11.9 Å². The molecule has 8 atom stereocenters. The Balaban J connectivity index is 1.97. The summed E-state index contributed by atoms with van der Waals surface area (Å²) in [5.41, 5.74) is 0. The number of carbonyl (C=O) groups excluding carboxylic acids is 1. The first-order valence-corrected chi connectivity index (χ1v) is 11.2. The Bertz CT molecular complexity index is 594. The minimum atomic E-state index is -1.31. The highest BCUT2D eigenvalue weighted by atomic mass is 19.1. The molecule has 1 aliphatic carbocycles. The number of allylic oxidation sites excluding steroid dienone is 1. The van der Waals surface area contributed by atoms with Crippen molar-refractivity contribution in [3.63, 3.8) is 0 Å². The van der Waals surface area contributed by atoms with E-state index in [2.05, 4.69) is 0 Å². The zero-order chi connectivity index (χ0) is 22.3. The molecule has 6 nitrogen and oxygen atoms in total. The number of alkyl halides is 1. The lowest BCUT2D eigenvalue weighted by Gasteiger charge is -2.21. The topological polar surface area (TPSA) is 93.1 Å². The second kappa shape index (κ2) is 11.8. The van der Waals surface area contributed by atoms with Crippen LogP contribution in [0.4, 0.5) is 4.39 Å². The average Bonchev–Trinajstić information content (AvgIpc) is 3.26. The molecule has 1 heterocycles. The Morgan fingerprint density at radius 1 is 1.27 bits per heavy atom. The first kappa shape index (κ1) is 24.8. The van der Waals surface area contributed by atoms with Gasteiger partial charge < -0.3 is 19.7 Å². The van der Waals surface area contributed by atoms with E-state index < -0.39 is 18.2 Å². The Kier molecular flexibility index (Phi) is 9.75. The molecular weight excluding hydrogens is 391 g/mol. The first-order chi connectivity index (χ1) is 14.3. The van der Waals surface area contributed by atoms with E-state index in [0.29, 0.717) is 19.3 Å². The van der Waals surface area contributed by atoms with E-state index in [1.165, 1.54) is 13.2 Å². The van der Waals surface area contributed by atoms with Crippen molar-refractivity contribution in [3.8, 4) is 0 Å². The number of esters is 1. The average molecular weight is 429 g/mol. The molecule has 0 bridgehead atoms. The second-order valence-corrected chi connectivity index (χ2v) is 8.84. The van der Waals surface area contributed by atoms with E-state index in [0.717, 1.165) is 32.1 Å². The van der Waals surface area contributed by atoms with Gasteiger partial charge in [-0.15, -0.1) is 0 Å². The third-order valence-electron chi connectivity index (χ3n) is 6.65. The Morgan fingerprint density at radius 3 is 2.63 bits per heavy atom. The molecule has 2 fully saturated rings. The molecular formula is C23H37FO6. The lowest BCUT2D eigenvalue weighted by Crippen LogP contribution is -2.25. The van der Waals surface area contributed by atoms with Crippen molar-refractivity contribution in [2.45, 2.75) is 89.7 Å². The van der Waals surface area contributed by atoms with Crippen LogP contribution in [-0.2, 0) is 19.1 Å². The minimum absolute atomic E-state index is 0.0406. The lowest BCUT2D eigenvalue weighted by atomic mass is 9.85. The summed E-state index contributed by atoms with van der Waals surface area (Å²) < 4.78 is 25.2. The molecule has 0 aromatic rings. The molecule has 7 heteroatoms. The fraction of sp³-hybridized carbons (Fsp3) is 0.826. The molecule has 2 rings (SSSR count). The van der Waals surface area contributed by atoms with Crippen molar-refractivity contribution in [1.82, 2.24) is 0 Å². The number of carbonyl (C=O) groups is 2. The van der Waals surface area contributed by atoms with Crippen molar-refractivity contribution in [2.24, 2.45) is 23.7 Å². The van der Waals surface area contributed by atoms with Gasteiger partial charge in [-0.2, -0.15) is 0 Å². The summed E-state index contributed by atoms with van der Waals surface area (Å²) >= 11 is 0. The van der Waals surface area contributed by atoms with E-state index >= 15 is 0 Å². The van der Waals surface area contributed by atoms with E-state index in [4.69, 9.17) is 14.6 Å². The largest absolute Gasteiger partial charge is 0.481 e. The van der Waals surface area contributed by atoms with Crippen LogP contribution in [-0.4, -0.2) is 53.7 Å². The van der Waals surface area contributed by atoms with Crippen LogP contribution in [0.15, 0.2) is 12.2 Å². The number of aliphatic hydroxyl groups is 1.